The van der Waals surface area contributed by atoms with Crippen molar-refractivity contribution in [2.45, 2.75) is 6.92 Å². The van der Waals surface area contributed by atoms with Gasteiger partial charge in [-0.05, 0) is 35.6 Å². The van der Waals surface area contributed by atoms with Crippen LogP contribution in [0, 0.1) is 10.6 Å². The fourth-order valence-electron chi connectivity index (χ4n) is 0.441. The first-order valence-electron chi connectivity index (χ1n) is 2.08. The van der Waals surface area contributed by atoms with Gasteiger partial charge in [0.15, 0.2) is 0 Å². The molecule has 0 aliphatic heterocycles. The van der Waals surface area contributed by atoms with Crippen molar-refractivity contribution in [2.24, 2.45) is 0 Å². The first-order valence-corrected chi connectivity index (χ1v) is 4.13. The van der Waals surface area contributed by atoms with E-state index in [1.165, 1.54) is 3.70 Å². The van der Waals surface area contributed by atoms with Gasteiger partial charge >= 0.3 is 0 Å². The lowest BCUT2D eigenvalue weighted by Gasteiger charge is -1.82. The topological polar surface area (TPSA) is 17.8 Å². The third-order valence-electron chi connectivity index (χ3n) is 0.750. The Labute approximate surface area is 75.3 Å². The lowest BCUT2D eigenvalue weighted by molar-refractivity contribution is 1.00. The number of halogens is 2. The molecule has 1 aromatic rings. The molecule has 1 aromatic heterocycles. The van der Waals surface area contributed by atoms with Crippen molar-refractivity contribution in [1.29, 1.82) is 0 Å². The van der Waals surface area contributed by atoms with Crippen molar-refractivity contribution < 1.29 is 0 Å². The molecule has 0 amide bonds. The molecule has 0 aromatic carbocycles. The highest BCUT2D eigenvalue weighted by molar-refractivity contribution is 14.1. The van der Waals surface area contributed by atoms with Crippen molar-refractivity contribution in [3.63, 3.8) is 0 Å². The molecule has 0 aliphatic carbocycles. The molecule has 0 bridgehead atoms. The van der Waals surface area contributed by atoms with Crippen molar-refractivity contribution >= 4 is 45.5 Å². The van der Waals surface area contributed by atoms with Crippen LogP contribution in [0.25, 0.3) is 0 Å². The number of aromatic nitrogens is 2. The van der Waals surface area contributed by atoms with Gasteiger partial charge in [-0.1, -0.05) is 0 Å². The van der Waals surface area contributed by atoms with E-state index in [-0.39, 0.29) is 0 Å². The number of rotatable bonds is 0. The van der Waals surface area contributed by atoms with Crippen LogP contribution in [-0.4, -0.2) is 7.99 Å². The molecular formula is C4H4I2N2. The maximum absolute atomic E-state index is 4.11. The van der Waals surface area contributed by atoms with Crippen LogP contribution in [0.3, 0.4) is 0 Å². The molecule has 0 N–H and O–H groups in total. The van der Waals surface area contributed by atoms with Gasteiger partial charge in [0.2, 0.25) is 0 Å². The number of hydrogen-bond acceptors (Lipinski definition) is 1. The minimum atomic E-state index is 1.07. The van der Waals surface area contributed by atoms with Crippen molar-refractivity contribution in [1.82, 2.24) is 7.99 Å². The van der Waals surface area contributed by atoms with Crippen molar-refractivity contribution in [3.05, 3.63) is 15.5 Å². The fraction of sp³-hybridized carbons (Fsp3) is 0.250. The zero-order valence-electron chi connectivity index (χ0n) is 4.23. The van der Waals surface area contributed by atoms with Crippen molar-refractivity contribution in [2.75, 3.05) is 0 Å². The van der Waals surface area contributed by atoms with E-state index in [4.69, 9.17) is 0 Å². The SMILES string of the molecule is Cc1cc(I)n(I)n1. The van der Waals surface area contributed by atoms with E-state index >= 15 is 0 Å². The normalized spacial score (nSPS) is 9.88. The molecule has 0 saturated carbocycles. The number of hydrogen-bond donors (Lipinski definition) is 0. The Morgan fingerprint density at radius 3 is 2.50 bits per heavy atom. The van der Waals surface area contributed by atoms with Gasteiger partial charge in [0.25, 0.3) is 0 Å². The smallest absolute Gasteiger partial charge is 0.111 e. The highest BCUT2D eigenvalue weighted by Gasteiger charge is 1.95. The van der Waals surface area contributed by atoms with E-state index in [0.717, 1.165) is 5.69 Å². The van der Waals surface area contributed by atoms with Gasteiger partial charge < -0.3 is 0 Å². The molecule has 0 fully saturated rings. The Bertz CT molecular complexity index is 174. The van der Waals surface area contributed by atoms with Crippen LogP contribution in [0.1, 0.15) is 5.69 Å². The van der Waals surface area contributed by atoms with Gasteiger partial charge in [-0.3, -0.25) is 0 Å². The maximum Gasteiger partial charge on any atom is 0.111 e. The molecule has 0 radical (unpaired) electrons. The zero-order valence-corrected chi connectivity index (χ0v) is 8.54. The maximum atomic E-state index is 4.11. The highest BCUT2D eigenvalue weighted by Crippen LogP contribution is 2.08. The van der Waals surface area contributed by atoms with Crippen LogP contribution in [0.2, 0.25) is 0 Å². The molecule has 8 heavy (non-hydrogen) atoms. The lowest BCUT2D eigenvalue weighted by atomic mass is 10.5. The van der Waals surface area contributed by atoms with Gasteiger partial charge in [-0.2, -0.15) is 7.99 Å². The van der Waals surface area contributed by atoms with Crippen LogP contribution in [0.15, 0.2) is 6.07 Å². The summed E-state index contributed by atoms with van der Waals surface area (Å²) in [5.74, 6) is 0. The van der Waals surface area contributed by atoms with Crippen LogP contribution >= 0.6 is 45.5 Å². The standard InChI is InChI=1S/C4H4I2N2/c1-3-2-4(5)8(6)7-3/h2H,1H3. The molecule has 0 spiro atoms. The first kappa shape index (κ1) is 6.79. The monoisotopic (exact) mass is 334 g/mol. The van der Waals surface area contributed by atoms with E-state index in [1.54, 1.807) is 0 Å². The zero-order chi connectivity index (χ0) is 6.15. The molecule has 44 valence electrons. The van der Waals surface area contributed by atoms with Crippen LogP contribution < -0.4 is 0 Å². The molecule has 2 nitrogen and oxygen atoms in total. The third-order valence-corrected chi connectivity index (χ3v) is 3.18. The van der Waals surface area contributed by atoms with E-state index in [1.807, 2.05) is 15.9 Å². The summed E-state index contributed by atoms with van der Waals surface area (Å²) in [6.07, 6.45) is 0. The highest BCUT2D eigenvalue weighted by atomic mass is 127. The molecule has 4 heteroatoms. The summed E-state index contributed by atoms with van der Waals surface area (Å²) in [6, 6.07) is 2.03. The quantitative estimate of drug-likeness (QED) is 0.664. The number of nitrogens with zero attached hydrogens (tertiary/aromatic N) is 2. The van der Waals surface area contributed by atoms with Crippen LogP contribution in [0.4, 0.5) is 0 Å². The van der Waals surface area contributed by atoms with Gasteiger partial charge in [0.1, 0.15) is 3.70 Å². The predicted molar refractivity (Wildman–Crippen MR) is 49.1 cm³/mol. The predicted octanol–water partition coefficient (Wildman–Crippen LogP) is 1.99. The molecule has 1 rings (SSSR count). The summed E-state index contributed by atoms with van der Waals surface area (Å²) in [5.41, 5.74) is 1.07. The van der Waals surface area contributed by atoms with E-state index in [9.17, 15) is 0 Å². The van der Waals surface area contributed by atoms with Crippen LogP contribution in [-0.2, 0) is 0 Å². The van der Waals surface area contributed by atoms with Gasteiger partial charge in [0.05, 0.1) is 28.6 Å². The van der Waals surface area contributed by atoms with E-state index in [0.29, 0.717) is 0 Å². The molecule has 0 unspecified atom stereocenters. The largest absolute Gasteiger partial charge is 0.198 e. The number of aryl methyl sites for hydroxylation is 1. The second-order valence-corrected chi connectivity index (χ2v) is 3.49. The summed E-state index contributed by atoms with van der Waals surface area (Å²) in [5, 5.41) is 4.11. The summed E-state index contributed by atoms with van der Waals surface area (Å²) in [6.45, 7) is 1.98. The first-order chi connectivity index (χ1) is 3.70. The second-order valence-electron chi connectivity index (χ2n) is 1.47. The van der Waals surface area contributed by atoms with Gasteiger partial charge in [0, 0.05) is 0 Å². The minimum Gasteiger partial charge on any atom is -0.198 e. The Morgan fingerprint density at radius 1 is 1.75 bits per heavy atom. The third kappa shape index (κ3) is 1.34. The van der Waals surface area contributed by atoms with E-state index < -0.39 is 0 Å². The minimum absolute atomic E-state index is 1.07. The van der Waals surface area contributed by atoms with Crippen LogP contribution in [0.5, 0.6) is 0 Å². The average Bonchev–Trinajstić information content (AvgIpc) is 1.85. The Kier molecular flexibility index (Phi) is 2.13. The summed E-state index contributed by atoms with van der Waals surface area (Å²) in [7, 11) is 0. The average molecular weight is 334 g/mol. The Hall–Kier alpha value is 0.670. The second kappa shape index (κ2) is 2.51. The Balaban J connectivity index is 3.14. The summed E-state index contributed by atoms with van der Waals surface area (Å²) < 4.78 is 2.99. The summed E-state index contributed by atoms with van der Waals surface area (Å²) >= 11 is 4.38. The molecule has 0 saturated heterocycles. The molecule has 0 aliphatic rings. The molecular weight excluding hydrogens is 330 g/mol. The van der Waals surface area contributed by atoms with Gasteiger partial charge in [-0.25, -0.2) is 0 Å². The van der Waals surface area contributed by atoms with Crippen molar-refractivity contribution in [3.8, 4) is 0 Å². The molecule has 1 heterocycles. The Morgan fingerprint density at radius 2 is 2.38 bits per heavy atom. The fourth-order valence-corrected chi connectivity index (χ4v) is 1.48. The lowest BCUT2D eigenvalue weighted by Crippen LogP contribution is -1.81. The van der Waals surface area contributed by atoms with Gasteiger partial charge in [-0.15, -0.1) is 0 Å². The summed E-state index contributed by atoms with van der Waals surface area (Å²) in [4.78, 5) is 0. The van der Waals surface area contributed by atoms with E-state index in [2.05, 4.69) is 50.6 Å². The molecule has 0 atom stereocenters.